The topological polar surface area (TPSA) is 38.4 Å². The molecule has 2 nitrogen and oxygen atoms in total. The first-order valence-corrected chi connectivity index (χ1v) is 6.90. The molecule has 0 radical (unpaired) electrons. The third-order valence-corrected chi connectivity index (χ3v) is 7.94. The Labute approximate surface area is 86.3 Å². The molecule has 1 saturated heterocycles. The molecule has 0 saturated carbocycles. The fourth-order valence-corrected chi connectivity index (χ4v) is 7.46. The predicted octanol–water partition coefficient (Wildman–Crippen LogP) is 2.82. The molecule has 2 unspecified atom stereocenters. The quantitative estimate of drug-likeness (QED) is 0.611. The number of nitrogens with zero attached hydrogens (tertiary/aromatic N) is 1. The number of fused-ring (bicyclic) bond motifs is 3. The van der Waals surface area contributed by atoms with E-state index in [-0.39, 0.29) is 0 Å². The van der Waals surface area contributed by atoms with Crippen molar-refractivity contribution in [3.63, 3.8) is 0 Å². The normalized spacial score (nSPS) is 44.3. The minimum atomic E-state index is -0.854. The summed E-state index contributed by atoms with van der Waals surface area (Å²) < 4.78 is 0. The maximum Gasteiger partial charge on any atom is 0.149 e. The molecule has 0 amide bonds. The maximum absolute atomic E-state index is 6.09. The van der Waals surface area contributed by atoms with E-state index in [4.69, 9.17) is 5.73 Å². The zero-order valence-corrected chi connectivity index (χ0v) is 9.53. The summed E-state index contributed by atoms with van der Waals surface area (Å²) in [7, 11) is -0.854. The highest BCUT2D eigenvalue weighted by Gasteiger charge is 2.61. The van der Waals surface area contributed by atoms with Gasteiger partial charge in [0, 0.05) is 11.4 Å². The lowest BCUT2D eigenvalue weighted by Crippen LogP contribution is -2.11. The van der Waals surface area contributed by atoms with Crippen LogP contribution in [0.3, 0.4) is 0 Å². The van der Waals surface area contributed by atoms with Crippen molar-refractivity contribution >= 4 is 15.2 Å². The molecule has 2 atom stereocenters. The lowest BCUT2D eigenvalue weighted by molar-refractivity contribution is 0.728. The molecule has 2 N–H and O–H groups in total. The van der Waals surface area contributed by atoms with Gasteiger partial charge in [0.1, 0.15) is 5.17 Å². The van der Waals surface area contributed by atoms with E-state index in [0.717, 1.165) is 10.4 Å². The predicted molar refractivity (Wildman–Crippen MR) is 63.3 cm³/mol. The molecule has 76 valence electrons. The summed E-state index contributed by atoms with van der Waals surface area (Å²) >= 11 is 0. The Morgan fingerprint density at radius 1 is 1.50 bits per heavy atom. The Balaban J connectivity index is 2.14. The second kappa shape index (κ2) is 2.45. The van der Waals surface area contributed by atoms with Gasteiger partial charge in [-0.1, -0.05) is 5.57 Å². The molecular weight excluding hydrogens is 192 g/mol. The second-order valence-electron chi connectivity index (χ2n) is 4.39. The second-order valence-corrected chi connectivity index (χ2v) is 7.78. The maximum atomic E-state index is 6.09. The Bertz CT molecular complexity index is 386. The number of allylic oxidation sites excluding steroid dienone is 2. The van der Waals surface area contributed by atoms with Crippen LogP contribution in [0.15, 0.2) is 26.6 Å². The van der Waals surface area contributed by atoms with Crippen LogP contribution in [0.4, 0.5) is 0 Å². The fourth-order valence-electron chi connectivity index (χ4n) is 2.98. The van der Waals surface area contributed by atoms with Gasteiger partial charge in [0.2, 0.25) is 0 Å². The van der Waals surface area contributed by atoms with Crippen LogP contribution in [0, 0.1) is 0 Å². The molecule has 1 spiro atoms. The molecule has 2 heterocycles. The largest absolute Gasteiger partial charge is 0.379 e. The highest BCUT2D eigenvalue weighted by molar-refractivity contribution is 8.57. The van der Waals surface area contributed by atoms with Crippen LogP contribution in [-0.4, -0.2) is 10.4 Å². The van der Waals surface area contributed by atoms with E-state index in [1.165, 1.54) is 24.2 Å². The fraction of sp³-hybridized carbons (Fsp3) is 0.545. The van der Waals surface area contributed by atoms with Gasteiger partial charge in [-0.25, -0.2) is 4.99 Å². The minimum absolute atomic E-state index is 0.777. The highest BCUT2D eigenvalue weighted by atomic mass is 32.3. The summed E-state index contributed by atoms with van der Waals surface area (Å²) in [6, 6.07) is 0. The van der Waals surface area contributed by atoms with Gasteiger partial charge in [-0.2, -0.15) is 0 Å². The lowest BCUT2D eigenvalue weighted by atomic mass is 10.0. The minimum Gasteiger partial charge on any atom is -0.379 e. The molecule has 0 aromatic heterocycles. The Morgan fingerprint density at radius 2 is 2.29 bits per heavy atom. The van der Waals surface area contributed by atoms with Gasteiger partial charge in [-0.05, 0) is 42.9 Å². The number of rotatable bonds is 0. The summed E-state index contributed by atoms with van der Waals surface area (Å²) in [6.07, 6.45) is 5.95. The van der Waals surface area contributed by atoms with Crippen molar-refractivity contribution in [3.05, 3.63) is 21.6 Å². The number of nitrogens with two attached hydrogens (primary N) is 1. The van der Waals surface area contributed by atoms with Gasteiger partial charge in [0.25, 0.3) is 0 Å². The van der Waals surface area contributed by atoms with Gasteiger partial charge < -0.3 is 5.73 Å². The molecule has 3 rings (SSSR count). The van der Waals surface area contributed by atoms with Crippen LogP contribution in [0.2, 0.25) is 0 Å². The van der Waals surface area contributed by atoms with E-state index in [0.29, 0.717) is 0 Å². The zero-order chi connectivity index (χ0) is 9.92. The Kier molecular flexibility index (Phi) is 1.51. The average Bonchev–Trinajstić information content (AvgIpc) is 2.77. The molecule has 3 aliphatic rings. The van der Waals surface area contributed by atoms with Crippen LogP contribution in [0.1, 0.15) is 33.1 Å². The number of amidine groups is 1. The van der Waals surface area contributed by atoms with Gasteiger partial charge in [0.15, 0.2) is 0 Å². The average molecular weight is 208 g/mol. The number of aliphatic imine (C=N–C) groups is 1. The van der Waals surface area contributed by atoms with Gasteiger partial charge in [-0.3, -0.25) is 0 Å². The smallest absolute Gasteiger partial charge is 0.149 e. The van der Waals surface area contributed by atoms with Crippen molar-refractivity contribution in [2.24, 2.45) is 10.7 Å². The Hall–Kier alpha value is -0.700. The lowest BCUT2D eigenvalue weighted by Gasteiger charge is -2.16. The zero-order valence-electron chi connectivity index (χ0n) is 8.71. The molecule has 1 aliphatic carbocycles. The third-order valence-electron chi connectivity index (χ3n) is 3.66. The van der Waals surface area contributed by atoms with Crippen LogP contribution >= 0.6 is 10.0 Å². The van der Waals surface area contributed by atoms with E-state index >= 15 is 0 Å². The van der Waals surface area contributed by atoms with Crippen molar-refractivity contribution in [2.45, 2.75) is 38.4 Å². The molecule has 0 aromatic rings. The van der Waals surface area contributed by atoms with Crippen LogP contribution in [-0.2, 0) is 0 Å². The van der Waals surface area contributed by atoms with Gasteiger partial charge in [0.05, 0.1) is 0 Å². The molecule has 14 heavy (non-hydrogen) atoms. The van der Waals surface area contributed by atoms with Gasteiger partial charge in [-0.15, -0.1) is 10.0 Å². The van der Waals surface area contributed by atoms with Crippen LogP contribution < -0.4 is 5.73 Å². The van der Waals surface area contributed by atoms with E-state index in [2.05, 4.69) is 18.8 Å². The molecule has 3 heteroatoms. The summed E-state index contributed by atoms with van der Waals surface area (Å²) in [5.41, 5.74) is 7.69. The summed E-state index contributed by atoms with van der Waals surface area (Å²) in [4.78, 5) is 7.44. The van der Waals surface area contributed by atoms with Crippen molar-refractivity contribution in [1.29, 1.82) is 0 Å². The number of hydrogen-bond donors (Lipinski definition) is 1. The SMILES string of the molecule is CC1=CN=C(N)S12C1=C(C)CCCC12. The van der Waals surface area contributed by atoms with Crippen LogP contribution in [0.25, 0.3) is 0 Å². The standard InChI is InChI=1S/C11H16N2S/c1-7-4-3-5-9-10(7)14(9)8(2)6-13-11(14)12/h6,9H,3-5H2,1-2H3,(H2,12,13). The van der Waals surface area contributed by atoms with Crippen LogP contribution in [0.5, 0.6) is 0 Å². The molecular formula is C11H16N2S. The first-order valence-electron chi connectivity index (χ1n) is 5.21. The highest BCUT2D eigenvalue weighted by Crippen LogP contribution is 2.86. The Morgan fingerprint density at radius 3 is 2.86 bits per heavy atom. The van der Waals surface area contributed by atoms with E-state index < -0.39 is 10.0 Å². The van der Waals surface area contributed by atoms with Gasteiger partial charge >= 0.3 is 0 Å². The van der Waals surface area contributed by atoms with E-state index in [1.807, 2.05) is 6.20 Å². The first-order chi connectivity index (χ1) is 6.69. The van der Waals surface area contributed by atoms with Crippen molar-refractivity contribution in [2.75, 3.05) is 0 Å². The summed E-state index contributed by atoms with van der Waals surface area (Å²) in [6.45, 7) is 4.49. The van der Waals surface area contributed by atoms with Crippen molar-refractivity contribution < 1.29 is 0 Å². The molecule has 1 fully saturated rings. The number of hydrogen-bond acceptors (Lipinski definition) is 2. The first kappa shape index (κ1) is 8.60. The molecule has 0 aromatic carbocycles. The van der Waals surface area contributed by atoms with Crippen molar-refractivity contribution in [3.8, 4) is 0 Å². The monoisotopic (exact) mass is 208 g/mol. The van der Waals surface area contributed by atoms with E-state index in [1.54, 1.807) is 10.5 Å². The summed E-state index contributed by atoms with van der Waals surface area (Å²) in [5.74, 6) is 0. The summed E-state index contributed by atoms with van der Waals surface area (Å²) in [5, 5.41) is 1.70. The van der Waals surface area contributed by atoms with E-state index in [9.17, 15) is 0 Å². The molecule has 0 bridgehead atoms. The third kappa shape index (κ3) is 0.738. The van der Waals surface area contributed by atoms with Crippen molar-refractivity contribution in [1.82, 2.24) is 0 Å². The molecule has 2 aliphatic heterocycles.